The van der Waals surface area contributed by atoms with Crippen molar-refractivity contribution in [1.29, 1.82) is 0 Å². The van der Waals surface area contributed by atoms with Crippen molar-refractivity contribution in [2.45, 2.75) is 70.2 Å². The predicted octanol–water partition coefficient (Wildman–Crippen LogP) is 3.66. The minimum Gasteiger partial charge on any atom is -0.444 e. The minimum atomic E-state index is -0.465. The molecule has 1 unspecified atom stereocenters. The molecule has 3 N–H and O–H groups in total. The number of halogens is 1. The van der Waals surface area contributed by atoms with E-state index >= 15 is 0 Å². The van der Waals surface area contributed by atoms with Crippen LogP contribution in [0.5, 0.6) is 0 Å². The Labute approximate surface area is 147 Å². The predicted molar refractivity (Wildman–Crippen MR) is 95.2 cm³/mol. The Hall–Kier alpha value is -1.69. The van der Waals surface area contributed by atoms with Crippen LogP contribution in [0, 0.1) is 0 Å². The summed E-state index contributed by atoms with van der Waals surface area (Å²) in [6.45, 7) is 5.70. The summed E-state index contributed by atoms with van der Waals surface area (Å²) < 4.78 is 5.56. The molecule has 2 aliphatic heterocycles. The van der Waals surface area contributed by atoms with Crippen LogP contribution in [0.2, 0.25) is 5.02 Å². The van der Waals surface area contributed by atoms with Gasteiger partial charge in [0.25, 0.3) is 0 Å². The third kappa shape index (κ3) is 3.69. The zero-order valence-corrected chi connectivity index (χ0v) is 15.1. The van der Waals surface area contributed by atoms with Gasteiger partial charge >= 0.3 is 6.09 Å². The molecule has 2 fully saturated rings. The number of fused-ring (bicyclic) bond motifs is 2. The first-order valence-corrected chi connectivity index (χ1v) is 8.79. The van der Waals surface area contributed by atoms with Crippen molar-refractivity contribution < 1.29 is 9.53 Å². The summed E-state index contributed by atoms with van der Waals surface area (Å²) in [6.07, 6.45) is 5.18. The highest BCUT2D eigenvalue weighted by Gasteiger charge is 2.44. The van der Waals surface area contributed by atoms with Gasteiger partial charge in [-0.2, -0.15) is 0 Å². The Morgan fingerprint density at radius 3 is 2.54 bits per heavy atom. The second-order valence-electron chi connectivity index (χ2n) is 7.68. The number of anilines is 2. The standard InChI is InChI=1S/C17H25ClN4O2/c1-17(2,3)24-16(23)22-12-4-5-13(22)8-11(7-12)21-15-14(19)6-10(18)9-20-15/h6,9,11-13H,4-5,7-8,19H2,1-3H3,(H,20,21)/t11?,12-,13+. The maximum atomic E-state index is 12.5. The molecular formula is C17H25ClN4O2. The smallest absolute Gasteiger partial charge is 0.410 e. The van der Waals surface area contributed by atoms with Crippen molar-refractivity contribution in [1.82, 2.24) is 9.88 Å². The third-order valence-corrected chi connectivity index (χ3v) is 4.77. The number of nitrogens with one attached hydrogen (secondary N) is 1. The third-order valence-electron chi connectivity index (χ3n) is 4.56. The average Bonchev–Trinajstić information content (AvgIpc) is 2.72. The summed E-state index contributed by atoms with van der Waals surface area (Å²) >= 11 is 5.89. The van der Waals surface area contributed by atoms with E-state index in [-0.39, 0.29) is 24.2 Å². The topological polar surface area (TPSA) is 80.5 Å². The highest BCUT2D eigenvalue weighted by atomic mass is 35.5. The molecule has 7 heteroatoms. The fourth-order valence-corrected chi connectivity index (χ4v) is 3.84. The molecule has 1 aromatic rings. The van der Waals surface area contributed by atoms with E-state index in [2.05, 4.69) is 10.3 Å². The first kappa shape index (κ1) is 17.1. The van der Waals surface area contributed by atoms with Gasteiger partial charge in [0.2, 0.25) is 0 Å². The van der Waals surface area contributed by atoms with Gasteiger partial charge in [-0.15, -0.1) is 0 Å². The molecule has 2 saturated heterocycles. The molecule has 1 amide bonds. The molecule has 0 radical (unpaired) electrons. The fourth-order valence-electron chi connectivity index (χ4n) is 3.68. The molecule has 0 saturated carbocycles. The van der Waals surface area contributed by atoms with Crippen molar-refractivity contribution in [2.75, 3.05) is 11.1 Å². The van der Waals surface area contributed by atoms with Crippen molar-refractivity contribution in [3.05, 3.63) is 17.3 Å². The van der Waals surface area contributed by atoms with Crippen molar-refractivity contribution in [3.8, 4) is 0 Å². The fraction of sp³-hybridized carbons (Fsp3) is 0.647. The van der Waals surface area contributed by atoms with Gasteiger partial charge in [0.1, 0.15) is 11.4 Å². The van der Waals surface area contributed by atoms with E-state index in [9.17, 15) is 4.79 Å². The number of nitrogen functional groups attached to an aromatic ring is 1. The van der Waals surface area contributed by atoms with E-state index in [4.69, 9.17) is 22.1 Å². The second kappa shape index (κ2) is 6.31. The van der Waals surface area contributed by atoms with Gasteiger partial charge < -0.3 is 20.7 Å². The van der Waals surface area contributed by atoms with Crippen LogP contribution >= 0.6 is 11.6 Å². The summed E-state index contributed by atoms with van der Waals surface area (Å²) in [7, 11) is 0. The Bertz CT molecular complexity index is 618. The number of aromatic nitrogens is 1. The molecular weight excluding hydrogens is 328 g/mol. The van der Waals surface area contributed by atoms with Crippen LogP contribution < -0.4 is 11.1 Å². The zero-order valence-electron chi connectivity index (χ0n) is 14.4. The number of ether oxygens (including phenoxy) is 1. The molecule has 2 aliphatic rings. The lowest BCUT2D eigenvalue weighted by molar-refractivity contribution is 0.00683. The summed E-state index contributed by atoms with van der Waals surface area (Å²) in [5.74, 6) is 0.662. The highest BCUT2D eigenvalue weighted by molar-refractivity contribution is 6.30. The van der Waals surface area contributed by atoms with Gasteiger partial charge in [0.15, 0.2) is 0 Å². The van der Waals surface area contributed by atoms with Gasteiger partial charge in [-0.1, -0.05) is 11.6 Å². The SMILES string of the molecule is CC(C)(C)OC(=O)N1[C@@H]2CC[C@H]1CC(Nc1ncc(Cl)cc1N)C2. The maximum Gasteiger partial charge on any atom is 0.410 e. The second-order valence-corrected chi connectivity index (χ2v) is 8.11. The first-order chi connectivity index (χ1) is 11.2. The van der Waals surface area contributed by atoms with Crippen LogP contribution in [0.15, 0.2) is 12.3 Å². The van der Waals surface area contributed by atoms with E-state index < -0.39 is 5.60 Å². The molecule has 3 rings (SSSR count). The lowest BCUT2D eigenvalue weighted by atomic mass is 9.97. The molecule has 0 spiro atoms. The monoisotopic (exact) mass is 352 g/mol. The van der Waals surface area contributed by atoms with Crippen LogP contribution in [-0.4, -0.2) is 39.7 Å². The number of nitrogens with zero attached hydrogens (tertiary/aromatic N) is 2. The summed E-state index contributed by atoms with van der Waals surface area (Å²) in [5.41, 5.74) is 6.06. The van der Waals surface area contributed by atoms with Crippen molar-refractivity contribution in [3.63, 3.8) is 0 Å². The van der Waals surface area contributed by atoms with Crippen molar-refractivity contribution >= 4 is 29.2 Å². The summed E-state index contributed by atoms with van der Waals surface area (Å²) in [4.78, 5) is 18.7. The van der Waals surface area contributed by atoms with E-state index in [0.29, 0.717) is 16.5 Å². The lowest BCUT2D eigenvalue weighted by Crippen LogP contribution is -2.51. The van der Waals surface area contributed by atoms with Gasteiger partial charge in [0.05, 0.1) is 10.7 Å². The zero-order chi connectivity index (χ0) is 17.5. The lowest BCUT2D eigenvalue weighted by Gasteiger charge is -2.39. The van der Waals surface area contributed by atoms with Crippen LogP contribution in [0.4, 0.5) is 16.3 Å². The number of nitrogens with two attached hydrogens (primary N) is 1. The molecule has 6 nitrogen and oxygen atoms in total. The molecule has 24 heavy (non-hydrogen) atoms. The van der Waals surface area contributed by atoms with Gasteiger partial charge in [-0.25, -0.2) is 9.78 Å². The normalized spacial score (nSPS) is 26.3. The quantitative estimate of drug-likeness (QED) is 0.849. The van der Waals surface area contributed by atoms with Gasteiger partial charge in [0, 0.05) is 24.3 Å². The van der Waals surface area contributed by atoms with E-state index in [0.717, 1.165) is 25.7 Å². The molecule has 0 aromatic carbocycles. The number of hydrogen-bond donors (Lipinski definition) is 2. The molecule has 132 valence electrons. The van der Waals surface area contributed by atoms with Gasteiger partial charge in [-0.05, 0) is 52.5 Å². The first-order valence-electron chi connectivity index (χ1n) is 8.42. The average molecular weight is 353 g/mol. The number of rotatable bonds is 2. The van der Waals surface area contributed by atoms with Crippen LogP contribution in [0.1, 0.15) is 46.5 Å². The number of amides is 1. The van der Waals surface area contributed by atoms with Crippen LogP contribution in [-0.2, 0) is 4.74 Å². The molecule has 3 heterocycles. The number of carbonyl (C=O) groups is 1. The van der Waals surface area contributed by atoms with E-state index in [1.807, 2.05) is 25.7 Å². The maximum absolute atomic E-state index is 12.5. The number of hydrogen-bond acceptors (Lipinski definition) is 5. The Morgan fingerprint density at radius 2 is 2.00 bits per heavy atom. The number of carbonyl (C=O) groups excluding carboxylic acids is 1. The largest absolute Gasteiger partial charge is 0.444 e. The number of pyridine rings is 1. The molecule has 1 aromatic heterocycles. The Kier molecular flexibility index (Phi) is 4.51. The Morgan fingerprint density at radius 1 is 1.38 bits per heavy atom. The van der Waals surface area contributed by atoms with E-state index in [1.165, 1.54) is 0 Å². The van der Waals surface area contributed by atoms with Crippen LogP contribution in [0.3, 0.4) is 0 Å². The van der Waals surface area contributed by atoms with E-state index in [1.54, 1.807) is 12.3 Å². The van der Waals surface area contributed by atoms with Gasteiger partial charge in [-0.3, -0.25) is 0 Å². The number of piperidine rings is 1. The molecule has 2 bridgehead atoms. The van der Waals surface area contributed by atoms with Crippen LogP contribution in [0.25, 0.3) is 0 Å². The molecule has 3 atom stereocenters. The summed E-state index contributed by atoms with van der Waals surface area (Å²) in [5, 5.41) is 3.94. The minimum absolute atomic E-state index is 0.197. The Balaban J connectivity index is 1.66. The highest BCUT2D eigenvalue weighted by Crippen LogP contribution is 2.38. The summed E-state index contributed by atoms with van der Waals surface area (Å²) in [6, 6.07) is 2.37. The van der Waals surface area contributed by atoms with Crippen molar-refractivity contribution in [2.24, 2.45) is 0 Å². The molecule has 0 aliphatic carbocycles.